The molecule has 1 aliphatic rings. The van der Waals surface area contributed by atoms with Gasteiger partial charge in [0.1, 0.15) is 0 Å². The third-order valence-corrected chi connectivity index (χ3v) is 3.99. The number of hydrogen-bond acceptors (Lipinski definition) is 2. The van der Waals surface area contributed by atoms with Crippen molar-refractivity contribution in [2.24, 2.45) is 5.92 Å². The number of unbranched alkanes of at least 4 members (excludes halogenated alkanes) is 1. The topological polar surface area (TPSA) is 38.3 Å². The lowest BCUT2D eigenvalue weighted by molar-refractivity contribution is -0.120. The van der Waals surface area contributed by atoms with Crippen LogP contribution in [-0.4, -0.2) is 25.2 Å². The molecule has 0 spiro atoms. The molecule has 1 rings (SSSR count). The maximum atomic E-state index is 11.1. The Labute approximate surface area is 159 Å². The fourth-order valence-electron chi connectivity index (χ4n) is 2.18. The zero-order valence-electron chi connectivity index (χ0n) is 17.7. The van der Waals surface area contributed by atoms with E-state index in [1.807, 2.05) is 13.8 Å². The van der Waals surface area contributed by atoms with E-state index in [1.165, 1.54) is 44.9 Å². The Morgan fingerprint density at radius 2 is 1.56 bits per heavy atom. The quantitative estimate of drug-likeness (QED) is 0.462. The van der Waals surface area contributed by atoms with Crippen molar-refractivity contribution in [1.29, 1.82) is 0 Å². The van der Waals surface area contributed by atoms with Gasteiger partial charge in [0.05, 0.1) is 12.2 Å². The molecule has 0 bridgehead atoms. The van der Waals surface area contributed by atoms with Crippen LogP contribution in [-0.2, 0) is 9.53 Å². The number of hydrogen-bond donors (Lipinski definition) is 1. The highest BCUT2D eigenvalue weighted by atomic mass is 16.5. The molecular weight excluding hydrogens is 310 g/mol. The van der Waals surface area contributed by atoms with Gasteiger partial charge in [-0.25, -0.2) is 0 Å². The molecule has 1 aliphatic carbocycles. The lowest BCUT2D eigenvalue weighted by Gasteiger charge is -2.24. The Bertz CT molecular complexity index is 264. The minimum absolute atomic E-state index is 0. The van der Waals surface area contributed by atoms with Crippen molar-refractivity contribution >= 4 is 5.91 Å². The van der Waals surface area contributed by atoms with Crippen LogP contribution in [0.3, 0.4) is 0 Å². The Kier molecular flexibility index (Phi) is 23.1. The fourth-order valence-corrected chi connectivity index (χ4v) is 2.18. The molecule has 1 fully saturated rings. The molecule has 1 N–H and O–H groups in total. The van der Waals surface area contributed by atoms with Crippen LogP contribution in [0.2, 0.25) is 0 Å². The molecule has 0 aromatic heterocycles. The smallest absolute Gasteiger partial charge is 0.219 e. The van der Waals surface area contributed by atoms with Crippen molar-refractivity contribution in [2.45, 2.75) is 119 Å². The summed E-state index contributed by atoms with van der Waals surface area (Å²) >= 11 is 0. The van der Waals surface area contributed by atoms with Crippen LogP contribution in [0, 0.1) is 5.92 Å². The summed E-state index contributed by atoms with van der Waals surface area (Å²) in [6, 6.07) is 0. The molecule has 0 aromatic rings. The van der Waals surface area contributed by atoms with Gasteiger partial charge in [0.2, 0.25) is 5.91 Å². The first kappa shape index (κ1) is 29.2. The van der Waals surface area contributed by atoms with E-state index in [2.05, 4.69) is 33.0 Å². The van der Waals surface area contributed by atoms with Crippen LogP contribution in [0.25, 0.3) is 0 Å². The van der Waals surface area contributed by atoms with E-state index in [9.17, 15) is 4.79 Å². The second kappa shape index (κ2) is 19.8. The average Bonchev–Trinajstić information content (AvgIpc) is 2.48. The van der Waals surface area contributed by atoms with E-state index in [4.69, 9.17) is 4.74 Å². The highest BCUT2D eigenvalue weighted by Crippen LogP contribution is 2.19. The normalized spacial score (nSPS) is 13.7. The molecule has 0 saturated heterocycles. The van der Waals surface area contributed by atoms with Crippen LogP contribution in [0.5, 0.6) is 0 Å². The van der Waals surface area contributed by atoms with E-state index in [-0.39, 0.29) is 18.9 Å². The van der Waals surface area contributed by atoms with Crippen molar-refractivity contribution in [2.75, 3.05) is 13.7 Å². The summed E-state index contributed by atoms with van der Waals surface area (Å²) in [7, 11) is 1.69. The van der Waals surface area contributed by atoms with Gasteiger partial charge in [0, 0.05) is 13.5 Å². The molecule has 3 heteroatoms. The lowest BCUT2D eigenvalue weighted by Crippen LogP contribution is -2.23. The van der Waals surface area contributed by atoms with E-state index in [0.717, 1.165) is 19.4 Å². The molecular formula is C22H49NO2. The molecule has 0 aromatic carbocycles. The predicted molar refractivity (Wildman–Crippen MR) is 113 cm³/mol. The monoisotopic (exact) mass is 359 g/mol. The van der Waals surface area contributed by atoms with Gasteiger partial charge in [-0.1, -0.05) is 66.7 Å². The molecule has 1 saturated carbocycles. The van der Waals surface area contributed by atoms with Gasteiger partial charge in [0.25, 0.3) is 0 Å². The van der Waals surface area contributed by atoms with Crippen LogP contribution < -0.4 is 5.32 Å². The van der Waals surface area contributed by atoms with E-state index in [0.29, 0.717) is 12.3 Å². The number of nitrogens with one attached hydrogen (secondary N) is 1. The largest absolute Gasteiger partial charge is 0.376 e. The molecule has 1 unspecified atom stereocenters. The van der Waals surface area contributed by atoms with Gasteiger partial charge in [-0.2, -0.15) is 0 Å². The predicted octanol–water partition coefficient (Wildman–Crippen LogP) is 6.75. The van der Waals surface area contributed by atoms with Gasteiger partial charge < -0.3 is 10.1 Å². The SMILES string of the molecule is C.C1CCC1.CC.CCCC(CCCCC(=O)NC)COC(C)(C)C. The first-order valence-electron chi connectivity index (χ1n) is 10.2. The number of rotatable bonds is 9. The Balaban J connectivity index is -0.000000586. The number of carbonyl (C=O) groups excluding carboxylic acids is 1. The molecule has 1 amide bonds. The van der Waals surface area contributed by atoms with Gasteiger partial charge in [-0.15, -0.1) is 0 Å². The summed E-state index contributed by atoms with van der Waals surface area (Å²) in [5.41, 5.74) is -0.0475. The Hall–Kier alpha value is -0.570. The van der Waals surface area contributed by atoms with Gasteiger partial charge in [-0.3, -0.25) is 4.79 Å². The summed E-state index contributed by atoms with van der Waals surface area (Å²) < 4.78 is 5.86. The van der Waals surface area contributed by atoms with Gasteiger partial charge in [-0.05, 0) is 46.0 Å². The summed E-state index contributed by atoms with van der Waals surface area (Å²) in [5, 5.41) is 2.66. The molecule has 0 radical (unpaired) electrons. The van der Waals surface area contributed by atoms with Crippen LogP contribution in [0.1, 0.15) is 113 Å². The highest BCUT2D eigenvalue weighted by Gasteiger charge is 2.15. The molecule has 25 heavy (non-hydrogen) atoms. The van der Waals surface area contributed by atoms with E-state index >= 15 is 0 Å². The third kappa shape index (κ3) is 23.4. The molecule has 1 atom stereocenters. The zero-order valence-corrected chi connectivity index (χ0v) is 17.7. The second-order valence-corrected chi connectivity index (χ2v) is 7.41. The van der Waals surface area contributed by atoms with Gasteiger partial charge in [0.15, 0.2) is 0 Å². The standard InChI is InChI=1S/C15H31NO2.C4H8.C2H6.CH4/c1-6-9-13(12-18-15(2,3)4)10-7-8-11-14(17)16-5;1-2-4-3-1;1-2;/h13H,6-12H2,1-5H3,(H,16,17);1-4H2;1-2H3;1H4. The summed E-state index contributed by atoms with van der Waals surface area (Å²) in [5.74, 6) is 0.784. The highest BCUT2D eigenvalue weighted by molar-refractivity contribution is 5.75. The maximum absolute atomic E-state index is 11.1. The maximum Gasteiger partial charge on any atom is 0.219 e. The summed E-state index contributed by atoms with van der Waals surface area (Å²) in [4.78, 5) is 11.1. The molecule has 0 heterocycles. The minimum atomic E-state index is -0.0475. The fraction of sp³-hybridized carbons (Fsp3) is 0.955. The molecule has 154 valence electrons. The zero-order chi connectivity index (χ0) is 18.8. The molecule has 3 nitrogen and oxygen atoms in total. The van der Waals surface area contributed by atoms with Gasteiger partial charge >= 0.3 is 0 Å². The summed E-state index contributed by atoms with van der Waals surface area (Å²) in [6.45, 7) is 13.4. The van der Waals surface area contributed by atoms with Crippen molar-refractivity contribution in [1.82, 2.24) is 5.32 Å². The Morgan fingerprint density at radius 3 is 1.92 bits per heavy atom. The van der Waals surface area contributed by atoms with E-state index in [1.54, 1.807) is 7.05 Å². The first-order chi connectivity index (χ1) is 11.4. The third-order valence-electron chi connectivity index (χ3n) is 3.99. The van der Waals surface area contributed by atoms with Crippen LogP contribution >= 0.6 is 0 Å². The number of ether oxygens (including phenoxy) is 1. The van der Waals surface area contributed by atoms with Crippen LogP contribution in [0.4, 0.5) is 0 Å². The first-order valence-corrected chi connectivity index (χ1v) is 10.2. The van der Waals surface area contributed by atoms with Crippen LogP contribution in [0.15, 0.2) is 0 Å². The van der Waals surface area contributed by atoms with Crippen molar-refractivity contribution in [3.63, 3.8) is 0 Å². The second-order valence-electron chi connectivity index (χ2n) is 7.41. The van der Waals surface area contributed by atoms with Crippen molar-refractivity contribution < 1.29 is 9.53 Å². The van der Waals surface area contributed by atoms with E-state index < -0.39 is 0 Å². The summed E-state index contributed by atoms with van der Waals surface area (Å²) in [6.07, 6.45) is 12.3. The average molecular weight is 360 g/mol. The van der Waals surface area contributed by atoms with Crippen molar-refractivity contribution in [3.05, 3.63) is 0 Å². The van der Waals surface area contributed by atoms with Crippen molar-refractivity contribution in [3.8, 4) is 0 Å². The molecule has 0 aliphatic heterocycles. The lowest BCUT2D eigenvalue weighted by atomic mass is 9.97. The minimum Gasteiger partial charge on any atom is -0.376 e. The number of carbonyl (C=O) groups is 1. The number of amides is 1. The Morgan fingerprint density at radius 1 is 1.04 bits per heavy atom.